The number of carbonyl (C=O) groups is 1. The van der Waals surface area contributed by atoms with E-state index in [1.807, 2.05) is 0 Å². The van der Waals surface area contributed by atoms with Gasteiger partial charge in [-0.25, -0.2) is 4.79 Å². The first-order valence-electron chi connectivity index (χ1n) is 5.77. The highest BCUT2D eigenvalue weighted by molar-refractivity contribution is 5.87. The van der Waals surface area contributed by atoms with Crippen molar-refractivity contribution in [3.63, 3.8) is 0 Å². The zero-order valence-electron chi connectivity index (χ0n) is 11.5. The first-order chi connectivity index (χ1) is 7.11. The molecule has 1 aliphatic rings. The van der Waals surface area contributed by atoms with Gasteiger partial charge >= 0.3 is 5.97 Å². The van der Waals surface area contributed by atoms with Gasteiger partial charge in [0.15, 0.2) is 0 Å². The van der Waals surface area contributed by atoms with Gasteiger partial charge in [0.25, 0.3) is 0 Å². The van der Waals surface area contributed by atoms with Crippen molar-refractivity contribution in [3.8, 4) is 0 Å². The topological polar surface area (TPSA) is 69.8 Å². The number of hydrogen-bond acceptors (Lipinski definition) is 3. The second-order valence-electron chi connectivity index (χ2n) is 6.11. The third kappa shape index (κ3) is 4.88. The van der Waals surface area contributed by atoms with Crippen molar-refractivity contribution in [3.05, 3.63) is 12.2 Å². The smallest absolute Gasteiger partial charge is 0.333 e. The molecule has 0 aromatic carbocycles. The predicted molar refractivity (Wildman–Crippen MR) is 68.8 cm³/mol. The minimum Gasteiger partial charge on any atom is -0.459 e. The summed E-state index contributed by atoms with van der Waals surface area (Å²) in [7, 11) is 0. The highest BCUT2D eigenvalue weighted by Crippen LogP contribution is 2.30. The Hall–Kier alpha value is -0.870. The van der Waals surface area contributed by atoms with Crippen molar-refractivity contribution in [2.24, 2.45) is 0 Å². The molecule has 17 heavy (non-hydrogen) atoms. The molecule has 4 nitrogen and oxygen atoms in total. The zero-order valence-corrected chi connectivity index (χ0v) is 11.5. The van der Waals surface area contributed by atoms with Gasteiger partial charge in [-0.1, -0.05) is 6.58 Å². The number of hydrogen-bond donors (Lipinski definition) is 1. The van der Waals surface area contributed by atoms with Gasteiger partial charge in [-0.05, 0) is 34.6 Å². The monoisotopic (exact) mass is 243 g/mol. The molecule has 3 N–H and O–H groups in total. The normalized spacial score (nSPS) is 22.4. The summed E-state index contributed by atoms with van der Waals surface area (Å²) in [5.41, 5.74) is 0.470. The van der Waals surface area contributed by atoms with E-state index in [9.17, 15) is 4.79 Å². The molecule has 1 rings (SSSR count). The number of rotatable bonds is 2. The van der Waals surface area contributed by atoms with Crippen molar-refractivity contribution < 1.29 is 15.0 Å². The zero-order chi connectivity index (χ0) is 12.6. The van der Waals surface area contributed by atoms with Gasteiger partial charge in [-0.2, -0.15) is 0 Å². The SMILES string of the molecule is C=C(C)C(=O)OC1CC(C)(C)NC(C)(C)C1.O. The van der Waals surface area contributed by atoms with Crippen molar-refractivity contribution in [1.82, 2.24) is 5.32 Å². The maximum atomic E-state index is 11.5. The molecule has 0 atom stereocenters. The van der Waals surface area contributed by atoms with E-state index in [2.05, 4.69) is 39.6 Å². The van der Waals surface area contributed by atoms with Crippen molar-refractivity contribution in [1.29, 1.82) is 0 Å². The molecule has 100 valence electrons. The van der Waals surface area contributed by atoms with Crippen molar-refractivity contribution in [2.75, 3.05) is 0 Å². The number of esters is 1. The Kier molecular flexibility index (Phi) is 4.92. The first kappa shape index (κ1) is 16.1. The molecule has 4 heteroatoms. The fourth-order valence-electron chi connectivity index (χ4n) is 2.56. The highest BCUT2D eigenvalue weighted by atomic mass is 16.5. The van der Waals surface area contributed by atoms with Crippen LogP contribution in [0.2, 0.25) is 0 Å². The van der Waals surface area contributed by atoms with Gasteiger partial charge < -0.3 is 15.5 Å². The lowest BCUT2D eigenvalue weighted by Crippen LogP contribution is -2.59. The summed E-state index contributed by atoms with van der Waals surface area (Å²) in [6, 6.07) is 0. The molecular weight excluding hydrogens is 218 g/mol. The summed E-state index contributed by atoms with van der Waals surface area (Å²) in [4.78, 5) is 11.5. The molecule has 0 aliphatic carbocycles. The molecule has 1 saturated heterocycles. The van der Waals surface area contributed by atoms with Crippen molar-refractivity contribution >= 4 is 5.97 Å². The fraction of sp³-hybridized carbons (Fsp3) is 0.769. The molecule has 0 bridgehead atoms. The molecular formula is C13H25NO3. The Balaban J connectivity index is 0.00000256. The van der Waals surface area contributed by atoms with Crippen LogP contribution < -0.4 is 5.32 Å². The van der Waals surface area contributed by atoms with E-state index >= 15 is 0 Å². The standard InChI is InChI=1S/C13H23NO2.H2O/c1-9(2)11(15)16-10-7-12(3,4)14-13(5,6)8-10;/h10,14H,1,7-8H2,2-6H3;1H2. The van der Waals surface area contributed by atoms with Crippen molar-refractivity contribution in [2.45, 2.75) is 64.6 Å². The van der Waals surface area contributed by atoms with Gasteiger partial charge in [0.2, 0.25) is 0 Å². The molecule has 1 heterocycles. The summed E-state index contributed by atoms with van der Waals surface area (Å²) >= 11 is 0. The molecule has 0 aromatic rings. The molecule has 0 unspecified atom stereocenters. The molecule has 0 radical (unpaired) electrons. The molecule has 0 aromatic heterocycles. The Morgan fingerprint density at radius 2 is 1.65 bits per heavy atom. The summed E-state index contributed by atoms with van der Waals surface area (Å²) in [5.74, 6) is -0.279. The van der Waals surface area contributed by atoms with Crippen LogP contribution in [0.5, 0.6) is 0 Å². The van der Waals surface area contributed by atoms with Gasteiger partial charge in [-0.3, -0.25) is 0 Å². The highest BCUT2D eigenvalue weighted by Gasteiger charge is 2.39. The van der Waals surface area contributed by atoms with E-state index in [-0.39, 0.29) is 28.6 Å². The molecule has 0 saturated carbocycles. The Labute approximate surface area is 104 Å². The van der Waals surface area contributed by atoms with E-state index in [0.717, 1.165) is 12.8 Å². The van der Waals surface area contributed by atoms with E-state index in [4.69, 9.17) is 4.74 Å². The molecule has 0 amide bonds. The lowest BCUT2D eigenvalue weighted by molar-refractivity contribution is -0.148. The van der Waals surface area contributed by atoms with Gasteiger partial charge in [0, 0.05) is 29.5 Å². The Bertz CT molecular complexity index is 292. The quantitative estimate of drug-likeness (QED) is 0.591. The van der Waals surface area contributed by atoms with E-state index in [1.54, 1.807) is 6.92 Å². The maximum absolute atomic E-state index is 11.5. The number of nitrogens with one attached hydrogen (secondary N) is 1. The maximum Gasteiger partial charge on any atom is 0.333 e. The predicted octanol–water partition coefficient (Wildman–Crippen LogP) is 1.59. The number of carbonyl (C=O) groups excluding carboxylic acids is 1. The van der Waals surface area contributed by atoms with Crippen LogP contribution in [0.3, 0.4) is 0 Å². The van der Waals surface area contributed by atoms with Crippen LogP contribution in [-0.4, -0.2) is 28.6 Å². The Morgan fingerprint density at radius 3 is 2.00 bits per heavy atom. The van der Waals surface area contributed by atoms with E-state index < -0.39 is 0 Å². The average Bonchev–Trinajstić information content (AvgIpc) is 1.96. The largest absolute Gasteiger partial charge is 0.459 e. The fourth-order valence-corrected chi connectivity index (χ4v) is 2.56. The van der Waals surface area contributed by atoms with Crippen LogP contribution in [0.1, 0.15) is 47.5 Å². The third-order valence-electron chi connectivity index (χ3n) is 2.77. The minimum absolute atomic E-state index is 0. The summed E-state index contributed by atoms with van der Waals surface area (Å²) in [6.07, 6.45) is 1.67. The average molecular weight is 243 g/mol. The number of ether oxygens (including phenoxy) is 1. The first-order valence-corrected chi connectivity index (χ1v) is 5.77. The van der Waals surface area contributed by atoms with Crippen LogP contribution in [0, 0.1) is 0 Å². The van der Waals surface area contributed by atoms with Crippen LogP contribution >= 0.6 is 0 Å². The van der Waals surface area contributed by atoms with E-state index in [1.165, 1.54) is 0 Å². The second kappa shape index (κ2) is 5.19. The number of piperidine rings is 1. The van der Waals surface area contributed by atoms with Gasteiger partial charge in [0.05, 0.1) is 0 Å². The second-order valence-corrected chi connectivity index (χ2v) is 6.11. The van der Waals surface area contributed by atoms with Gasteiger partial charge in [-0.15, -0.1) is 0 Å². The lowest BCUT2D eigenvalue weighted by Gasteiger charge is -2.45. The van der Waals surface area contributed by atoms with Crippen LogP contribution in [0.15, 0.2) is 12.2 Å². The van der Waals surface area contributed by atoms with Crippen LogP contribution in [0.25, 0.3) is 0 Å². The Morgan fingerprint density at radius 1 is 1.24 bits per heavy atom. The summed E-state index contributed by atoms with van der Waals surface area (Å²) < 4.78 is 5.45. The molecule has 0 spiro atoms. The lowest BCUT2D eigenvalue weighted by atomic mass is 9.81. The summed E-state index contributed by atoms with van der Waals surface area (Å²) in [5, 5.41) is 3.55. The van der Waals surface area contributed by atoms with Crippen LogP contribution in [0.4, 0.5) is 0 Å². The summed E-state index contributed by atoms with van der Waals surface area (Å²) in [6.45, 7) is 13.8. The van der Waals surface area contributed by atoms with Crippen LogP contribution in [-0.2, 0) is 9.53 Å². The minimum atomic E-state index is -0.279. The van der Waals surface area contributed by atoms with E-state index in [0.29, 0.717) is 5.57 Å². The molecule has 1 fully saturated rings. The molecule has 1 aliphatic heterocycles. The third-order valence-corrected chi connectivity index (χ3v) is 2.77. The van der Waals surface area contributed by atoms with Gasteiger partial charge in [0.1, 0.15) is 6.10 Å².